The molecule has 0 aromatic heterocycles. The second-order valence-corrected chi connectivity index (χ2v) is 9.57. The Balaban J connectivity index is 1.45. The van der Waals surface area contributed by atoms with Crippen LogP contribution in [-0.2, 0) is 16.0 Å². The molecule has 4 nitrogen and oxygen atoms in total. The molecule has 0 spiro atoms. The highest BCUT2D eigenvalue weighted by Gasteiger charge is 2.43. The normalized spacial score (nSPS) is 19.7. The maximum Gasteiger partial charge on any atom is 0.228 e. The molecule has 4 heteroatoms. The molecule has 0 N–H and O–H groups in total. The van der Waals surface area contributed by atoms with E-state index in [4.69, 9.17) is 0 Å². The number of amides is 2. The van der Waals surface area contributed by atoms with E-state index in [1.165, 1.54) is 16.7 Å². The molecular weight excluding hydrogens is 396 g/mol. The summed E-state index contributed by atoms with van der Waals surface area (Å²) in [6.45, 7) is 1.33. The standard InChI is InChI=1S/C28H34N2O2/c1-29(2)27(32)28(16-18-30(19-17-28)26(31)20-22-8-6-7-9-22)21-23-12-14-25(15-13-23)24-10-4-3-5-11-24/h3-6,8,10-15,22H,7,9,16-21H2,1-2H3. The van der Waals surface area contributed by atoms with Gasteiger partial charge in [-0.3, -0.25) is 9.59 Å². The number of carbonyl (C=O) groups is 2. The zero-order valence-corrected chi connectivity index (χ0v) is 19.3. The van der Waals surface area contributed by atoms with E-state index < -0.39 is 5.41 Å². The van der Waals surface area contributed by atoms with Crippen LogP contribution in [0.3, 0.4) is 0 Å². The van der Waals surface area contributed by atoms with Crippen molar-refractivity contribution in [2.24, 2.45) is 11.3 Å². The molecule has 1 heterocycles. The van der Waals surface area contributed by atoms with Crippen LogP contribution in [0.5, 0.6) is 0 Å². The van der Waals surface area contributed by atoms with Gasteiger partial charge in [0.1, 0.15) is 0 Å². The molecule has 0 bridgehead atoms. The van der Waals surface area contributed by atoms with E-state index in [9.17, 15) is 9.59 Å². The van der Waals surface area contributed by atoms with E-state index in [1.807, 2.05) is 37.2 Å². The maximum absolute atomic E-state index is 13.3. The summed E-state index contributed by atoms with van der Waals surface area (Å²) in [6.07, 6.45) is 9.29. The van der Waals surface area contributed by atoms with Gasteiger partial charge in [0.2, 0.25) is 11.8 Å². The Bertz CT molecular complexity index is 955. The topological polar surface area (TPSA) is 40.6 Å². The lowest BCUT2D eigenvalue weighted by molar-refractivity contribution is -0.146. The molecule has 1 unspecified atom stereocenters. The summed E-state index contributed by atoms with van der Waals surface area (Å²) in [5.74, 6) is 0.802. The van der Waals surface area contributed by atoms with Crippen molar-refractivity contribution in [2.75, 3.05) is 27.2 Å². The molecule has 1 fully saturated rings. The van der Waals surface area contributed by atoms with Gasteiger partial charge in [-0.25, -0.2) is 0 Å². The fourth-order valence-corrected chi connectivity index (χ4v) is 5.18. The average molecular weight is 431 g/mol. The molecule has 1 aliphatic heterocycles. The predicted octanol–water partition coefficient (Wildman–Crippen LogP) is 4.95. The fraction of sp³-hybridized carbons (Fsp3) is 0.429. The molecule has 168 valence electrons. The number of piperidine rings is 1. The van der Waals surface area contributed by atoms with Gasteiger partial charge < -0.3 is 9.80 Å². The summed E-state index contributed by atoms with van der Waals surface area (Å²) in [5.41, 5.74) is 3.11. The molecule has 2 amide bonds. The van der Waals surface area contributed by atoms with Crippen molar-refractivity contribution in [1.29, 1.82) is 0 Å². The SMILES string of the molecule is CN(C)C(=O)C1(Cc2ccc(-c3ccccc3)cc2)CCN(C(=O)CC2C=CCC2)CC1. The third-order valence-electron chi connectivity index (χ3n) is 7.09. The Labute approximate surface area is 191 Å². The summed E-state index contributed by atoms with van der Waals surface area (Å²) in [4.78, 5) is 29.8. The summed E-state index contributed by atoms with van der Waals surface area (Å²) in [5, 5.41) is 0. The number of benzene rings is 2. The van der Waals surface area contributed by atoms with Gasteiger partial charge in [0.15, 0.2) is 0 Å². The van der Waals surface area contributed by atoms with Crippen molar-refractivity contribution in [1.82, 2.24) is 9.80 Å². The lowest BCUT2D eigenvalue weighted by Gasteiger charge is -2.42. The van der Waals surface area contributed by atoms with Gasteiger partial charge in [-0.15, -0.1) is 0 Å². The first kappa shape index (κ1) is 22.3. The number of hydrogen-bond donors (Lipinski definition) is 0. The first-order valence-electron chi connectivity index (χ1n) is 11.8. The minimum Gasteiger partial charge on any atom is -0.348 e. The van der Waals surface area contributed by atoms with Crippen LogP contribution in [0.2, 0.25) is 0 Å². The molecule has 2 aliphatic rings. The van der Waals surface area contributed by atoms with Crippen LogP contribution < -0.4 is 0 Å². The number of hydrogen-bond acceptors (Lipinski definition) is 2. The van der Waals surface area contributed by atoms with Crippen LogP contribution in [0, 0.1) is 11.3 Å². The van der Waals surface area contributed by atoms with E-state index in [-0.39, 0.29) is 11.8 Å². The molecule has 0 saturated carbocycles. The van der Waals surface area contributed by atoms with E-state index in [2.05, 4.69) is 48.6 Å². The molecule has 4 rings (SSSR count). The smallest absolute Gasteiger partial charge is 0.228 e. The molecule has 0 radical (unpaired) electrons. The highest BCUT2D eigenvalue weighted by molar-refractivity contribution is 5.83. The number of rotatable bonds is 6. The monoisotopic (exact) mass is 430 g/mol. The van der Waals surface area contributed by atoms with E-state index in [0.717, 1.165) is 25.7 Å². The van der Waals surface area contributed by atoms with E-state index in [0.29, 0.717) is 31.8 Å². The highest BCUT2D eigenvalue weighted by Crippen LogP contribution is 2.38. The van der Waals surface area contributed by atoms with Gasteiger partial charge in [0, 0.05) is 33.6 Å². The van der Waals surface area contributed by atoms with Crippen LogP contribution in [0.25, 0.3) is 11.1 Å². The van der Waals surface area contributed by atoms with Gasteiger partial charge in [-0.2, -0.15) is 0 Å². The van der Waals surface area contributed by atoms with Crippen molar-refractivity contribution >= 4 is 11.8 Å². The number of allylic oxidation sites excluding steroid dienone is 2. The van der Waals surface area contributed by atoms with Gasteiger partial charge in [0.25, 0.3) is 0 Å². The largest absolute Gasteiger partial charge is 0.348 e. The molecule has 1 atom stereocenters. The molecule has 2 aromatic rings. The van der Waals surface area contributed by atoms with Crippen LogP contribution >= 0.6 is 0 Å². The minimum absolute atomic E-state index is 0.176. The number of nitrogens with zero attached hydrogens (tertiary/aromatic N) is 2. The summed E-state index contributed by atoms with van der Waals surface area (Å²) in [7, 11) is 3.68. The maximum atomic E-state index is 13.3. The Kier molecular flexibility index (Phi) is 6.78. The third kappa shape index (κ3) is 4.95. The second kappa shape index (κ2) is 9.72. The zero-order chi connectivity index (χ0) is 22.6. The quantitative estimate of drug-likeness (QED) is 0.609. The highest BCUT2D eigenvalue weighted by atomic mass is 16.2. The third-order valence-corrected chi connectivity index (χ3v) is 7.09. The fourth-order valence-electron chi connectivity index (χ4n) is 5.18. The van der Waals surface area contributed by atoms with E-state index >= 15 is 0 Å². The van der Waals surface area contributed by atoms with Gasteiger partial charge >= 0.3 is 0 Å². The van der Waals surface area contributed by atoms with Crippen LogP contribution in [0.1, 0.15) is 37.7 Å². The van der Waals surface area contributed by atoms with E-state index in [1.54, 1.807) is 4.90 Å². The van der Waals surface area contributed by atoms with Gasteiger partial charge in [-0.1, -0.05) is 66.7 Å². The number of carbonyl (C=O) groups excluding carboxylic acids is 2. The van der Waals surface area contributed by atoms with Gasteiger partial charge in [0.05, 0.1) is 5.41 Å². The van der Waals surface area contributed by atoms with Crippen molar-refractivity contribution in [3.8, 4) is 11.1 Å². The second-order valence-electron chi connectivity index (χ2n) is 9.57. The average Bonchev–Trinajstić information content (AvgIpc) is 3.33. The summed E-state index contributed by atoms with van der Waals surface area (Å²) in [6, 6.07) is 18.9. The van der Waals surface area contributed by atoms with Crippen LogP contribution in [-0.4, -0.2) is 48.8 Å². The zero-order valence-electron chi connectivity index (χ0n) is 19.3. The predicted molar refractivity (Wildman–Crippen MR) is 129 cm³/mol. The summed E-state index contributed by atoms with van der Waals surface area (Å²) >= 11 is 0. The lowest BCUT2D eigenvalue weighted by atomic mass is 9.72. The Morgan fingerprint density at radius 3 is 2.22 bits per heavy atom. The van der Waals surface area contributed by atoms with Crippen molar-refractivity contribution in [3.05, 3.63) is 72.3 Å². The molecule has 1 saturated heterocycles. The van der Waals surface area contributed by atoms with Crippen molar-refractivity contribution in [3.63, 3.8) is 0 Å². The Morgan fingerprint density at radius 2 is 1.62 bits per heavy atom. The van der Waals surface area contributed by atoms with Crippen molar-refractivity contribution < 1.29 is 9.59 Å². The Morgan fingerprint density at radius 1 is 0.969 bits per heavy atom. The minimum atomic E-state index is -0.443. The summed E-state index contributed by atoms with van der Waals surface area (Å²) < 4.78 is 0. The lowest BCUT2D eigenvalue weighted by Crippen LogP contribution is -2.51. The first-order valence-corrected chi connectivity index (χ1v) is 11.8. The first-order chi connectivity index (χ1) is 15.5. The molecule has 32 heavy (non-hydrogen) atoms. The number of likely N-dealkylation sites (tertiary alicyclic amines) is 1. The van der Waals surface area contributed by atoms with Gasteiger partial charge in [-0.05, 0) is 54.7 Å². The van der Waals surface area contributed by atoms with Crippen molar-refractivity contribution in [2.45, 2.75) is 38.5 Å². The molecular formula is C28H34N2O2. The Hall–Kier alpha value is -2.88. The van der Waals surface area contributed by atoms with Crippen LogP contribution in [0.15, 0.2) is 66.7 Å². The van der Waals surface area contributed by atoms with Crippen LogP contribution in [0.4, 0.5) is 0 Å². The molecule has 2 aromatic carbocycles. The molecule has 1 aliphatic carbocycles.